The molecule has 0 aliphatic rings. The molecule has 5 nitrogen and oxygen atoms in total. The zero-order valence-electron chi connectivity index (χ0n) is 33.3. The van der Waals surface area contributed by atoms with Crippen molar-refractivity contribution in [2.24, 2.45) is 0 Å². The van der Waals surface area contributed by atoms with Gasteiger partial charge in [-0.25, -0.2) is 4.98 Å². The number of fused-ring (bicyclic) bond motifs is 6. The third kappa shape index (κ3) is 6.23. The number of hydrogen-bond donors (Lipinski definition) is 0. The molecule has 0 bridgehead atoms. The molecule has 0 fully saturated rings. The number of unbranched alkanes of at least 4 members (excludes halogenated alkanes) is 1. The van der Waals surface area contributed by atoms with Crippen LogP contribution in [0.3, 0.4) is 0 Å². The van der Waals surface area contributed by atoms with Crippen LogP contribution in [0.15, 0.2) is 194 Å². The Morgan fingerprint density at radius 2 is 0.850 bits per heavy atom. The van der Waals surface area contributed by atoms with Crippen LogP contribution in [0.25, 0.3) is 100 Å². The summed E-state index contributed by atoms with van der Waals surface area (Å²) in [6.07, 6.45) is 3.49. The number of hydrogen-bond acceptors (Lipinski definition) is 3. The summed E-state index contributed by atoms with van der Waals surface area (Å²) in [6.45, 7) is 2.25. The molecule has 3 aromatic heterocycles. The minimum absolute atomic E-state index is 0.576. The van der Waals surface area contributed by atoms with Crippen molar-refractivity contribution in [3.8, 4) is 56.7 Å². The van der Waals surface area contributed by atoms with Crippen molar-refractivity contribution < 1.29 is 0 Å². The Morgan fingerprint density at radius 1 is 0.367 bits per heavy atom. The van der Waals surface area contributed by atoms with Crippen LogP contribution in [0.2, 0.25) is 0 Å². The Bertz CT molecular complexity index is 3360. The lowest BCUT2D eigenvalue weighted by atomic mass is 9.96. The van der Waals surface area contributed by atoms with Crippen molar-refractivity contribution >= 4 is 43.6 Å². The van der Waals surface area contributed by atoms with E-state index in [9.17, 15) is 0 Å². The summed E-state index contributed by atoms with van der Waals surface area (Å²) in [7, 11) is 0. The second-order valence-corrected chi connectivity index (χ2v) is 15.5. The molecular formula is C55H41N5. The second-order valence-electron chi connectivity index (χ2n) is 15.5. The normalized spacial score (nSPS) is 11.6. The topological polar surface area (TPSA) is 48.5 Å². The molecule has 3 heterocycles. The van der Waals surface area contributed by atoms with Crippen molar-refractivity contribution in [3.05, 3.63) is 200 Å². The first-order valence-corrected chi connectivity index (χ1v) is 20.8. The van der Waals surface area contributed by atoms with Gasteiger partial charge in [0.25, 0.3) is 0 Å². The van der Waals surface area contributed by atoms with E-state index in [0.717, 1.165) is 61.7 Å². The van der Waals surface area contributed by atoms with Crippen LogP contribution < -0.4 is 0 Å². The first kappa shape index (κ1) is 35.5. The maximum Gasteiger partial charge on any atom is 0.238 e. The second kappa shape index (κ2) is 14.9. The summed E-state index contributed by atoms with van der Waals surface area (Å²) in [5.41, 5.74) is 13.5. The summed E-state index contributed by atoms with van der Waals surface area (Å²) >= 11 is 0. The van der Waals surface area contributed by atoms with Gasteiger partial charge in [0.05, 0.1) is 22.1 Å². The number of benzene rings is 8. The molecule has 0 unspecified atom stereocenters. The SMILES string of the molecule is CCCCc1cccc(-c2cccc(-c3cccc(-c4nc(-c5ccccc5)nc(-n5c6ccccc6c6cc7c(cc65)c5ccccc5n7-c5ccccc5)n4)c3)c2)c1. The highest BCUT2D eigenvalue weighted by Gasteiger charge is 2.21. The third-order valence-corrected chi connectivity index (χ3v) is 11.7. The van der Waals surface area contributed by atoms with E-state index in [4.69, 9.17) is 15.0 Å². The first-order valence-electron chi connectivity index (χ1n) is 20.8. The van der Waals surface area contributed by atoms with E-state index in [-0.39, 0.29) is 0 Å². The average Bonchev–Trinajstić information content (AvgIpc) is 3.82. The van der Waals surface area contributed by atoms with Crippen molar-refractivity contribution in [3.63, 3.8) is 0 Å². The summed E-state index contributed by atoms with van der Waals surface area (Å²) in [5.74, 6) is 1.82. The third-order valence-electron chi connectivity index (χ3n) is 11.7. The van der Waals surface area contributed by atoms with Gasteiger partial charge in [0.2, 0.25) is 5.95 Å². The highest BCUT2D eigenvalue weighted by atomic mass is 15.2. The van der Waals surface area contributed by atoms with Crippen molar-refractivity contribution in [2.75, 3.05) is 0 Å². The molecular weight excluding hydrogens is 731 g/mol. The number of aryl methyl sites for hydroxylation is 1. The van der Waals surface area contributed by atoms with Crippen LogP contribution in [0, 0.1) is 0 Å². The van der Waals surface area contributed by atoms with Crippen molar-refractivity contribution in [2.45, 2.75) is 26.2 Å². The van der Waals surface area contributed by atoms with Crippen LogP contribution in [-0.2, 0) is 6.42 Å². The summed E-state index contributed by atoms with van der Waals surface area (Å²) < 4.78 is 4.59. The Morgan fingerprint density at radius 3 is 1.50 bits per heavy atom. The van der Waals surface area contributed by atoms with E-state index in [1.165, 1.54) is 45.8 Å². The number of para-hydroxylation sites is 3. The van der Waals surface area contributed by atoms with E-state index in [1.807, 2.05) is 18.2 Å². The molecule has 286 valence electrons. The van der Waals surface area contributed by atoms with E-state index in [0.29, 0.717) is 17.6 Å². The fourth-order valence-electron chi connectivity index (χ4n) is 8.81. The fourth-order valence-corrected chi connectivity index (χ4v) is 8.81. The monoisotopic (exact) mass is 771 g/mol. The molecule has 0 aliphatic carbocycles. The van der Waals surface area contributed by atoms with E-state index >= 15 is 0 Å². The van der Waals surface area contributed by atoms with E-state index in [2.05, 4.69) is 192 Å². The summed E-state index contributed by atoms with van der Waals surface area (Å²) in [6, 6.07) is 69.1. The molecule has 0 spiro atoms. The van der Waals surface area contributed by atoms with Gasteiger partial charge in [0, 0.05) is 38.4 Å². The lowest BCUT2D eigenvalue weighted by Crippen LogP contribution is -2.06. The predicted octanol–water partition coefficient (Wildman–Crippen LogP) is 14.1. The highest BCUT2D eigenvalue weighted by molar-refractivity contribution is 6.18. The number of nitrogens with zero attached hydrogens (tertiary/aromatic N) is 5. The zero-order valence-corrected chi connectivity index (χ0v) is 33.3. The molecule has 11 aromatic rings. The molecule has 0 N–H and O–H groups in total. The molecule has 0 radical (unpaired) electrons. The smallest absolute Gasteiger partial charge is 0.238 e. The standard InChI is InChI=1S/C55H41N5/c1-2-3-17-37-18-14-21-39(32-37)40-22-15-23-41(33-40)42-24-16-25-43(34-42)54-56-53(38-19-6-4-7-20-38)57-55(58-54)60-50-31-13-11-29-46(50)48-35-51-47(36-52(48)60)45-28-10-12-30-49(45)59(51)44-26-8-5-9-27-44/h4-16,18-36H,2-3,17H2,1H3. The highest BCUT2D eigenvalue weighted by Crippen LogP contribution is 2.40. The van der Waals surface area contributed by atoms with Gasteiger partial charge in [0.15, 0.2) is 11.6 Å². The summed E-state index contributed by atoms with van der Waals surface area (Å²) in [4.78, 5) is 15.8. The lowest BCUT2D eigenvalue weighted by Gasteiger charge is -2.12. The van der Waals surface area contributed by atoms with Gasteiger partial charge in [-0.15, -0.1) is 0 Å². The van der Waals surface area contributed by atoms with Gasteiger partial charge >= 0.3 is 0 Å². The molecule has 60 heavy (non-hydrogen) atoms. The minimum Gasteiger partial charge on any atom is -0.309 e. The van der Waals surface area contributed by atoms with Crippen molar-refractivity contribution in [1.82, 2.24) is 24.1 Å². The van der Waals surface area contributed by atoms with E-state index in [1.54, 1.807) is 0 Å². The molecule has 11 rings (SSSR count). The number of rotatable bonds is 9. The molecule has 0 atom stereocenters. The van der Waals surface area contributed by atoms with Crippen LogP contribution in [0.4, 0.5) is 0 Å². The molecule has 0 aliphatic heterocycles. The molecule has 5 heteroatoms. The Balaban J connectivity index is 1.09. The molecule has 0 amide bonds. The van der Waals surface area contributed by atoms with Gasteiger partial charge in [0.1, 0.15) is 0 Å². The molecule has 8 aromatic carbocycles. The molecule has 0 saturated heterocycles. The van der Waals surface area contributed by atoms with Gasteiger partial charge < -0.3 is 4.57 Å². The Hall–Kier alpha value is -7.63. The van der Waals surface area contributed by atoms with Crippen LogP contribution in [0.1, 0.15) is 25.3 Å². The predicted molar refractivity (Wildman–Crippen MR) is 249 cm³/mol. The van der Waals surface area contributed by atoms with Crippen LogP contribution in [-0.4, -0.2) is 24.1 Å². The quantitative estimate of drug-likeness (QED) is 0.147. The van der Waals surface area contributed by atoms with Gasteiger partial charge in [-0.05, 0) is 89.2 Å². The first-order chi connectivity index (χ1) is 29.7. The van der Waals surface area contributed by atoms with Crippen molar-refractivity contribution in [1.29, 1.82) is 0 Å². The Kier molecular flexibility index (Phi) is 8.85. The minimum atomic E-state index is 0.576. The largest absolute Gasteiger partial charge is 0.309 e. The van der Waals surface area contributed by atoms with Crippen LogP contribution in [0.5, 0.6) is 0 Å². The van der Waals surface area contributed by atoms with Crippen LogP contribution >= 0.6 is 0 Å². The van der Waals surface area contributed by atoms with Gasteiger partial charge in [-0.1, -0.05) is 159 Å². The van der Waals surface area contributed by atoms with E-state index < -0.39 is 0 Å². The average molecular weight is 772 g/mol. The maximum atomic E-state index is 5.34. The summed E-state index contributed by atoms with van der Waals surface area (Å²) in [5, 5.41) is 4.65. The Labute approximate surface area is 348 Å². The number of aromatic nitrogens is 5. The van der Waals surface area contributed by atoms with Gasteiger partial charge in [-0.2, -0.15) is 9.97 Å². The maximum absolute atomic E-state index is 5.34. The van der Waals surface area contributed by atoms with Gasteiger partial charge in [-0.3, -0.25) is 4.57 Å². The fraction of sp³-hybridized carbons (Fsp3) is 0.0727. The molecule has 0 saturated carbocycles. The zero-order chi connectivity index (χ0) is 40.0. The lowest BCUT2D eigenvalue weighted by molar-refractivity contribution is 0.795.